The van der Waals surface area contributed by atoms with Crippen molar-refractivity contribution in [2.75, 3.05) is 13.1 Å². The third kappa shape index (κ3) is 2.71. The quantitative estimate of drug-likeness (QED) is 0.753. The zero-order valence-electron chi connectivity index (χ0n) is 10.1. The molecule has 1 aliphatic carbocycles. The van der Waals surface area contributed by atoms with Crippen LogP contribution in [-0.2, 0) is 0 Å². The molecule has 0 radical (unpaired) electrons. The first-order valence-corrected chi connectivity index (χ1v) is 5.92. The summed E-state index contributed by atoms with van der Waals surface area (Å²) in [5, 5.41) is 9.99. The van der Waals surface area contributed by atoms with E-state index in [1.807, 2.05) is 0 Å². The van der Waals surface area contributed by atoms with Gasteiger partial charge in [-0.1, -0.05) is 27.7 Å². The molecule has 1 aliphatic rings. The fraction of sp³-hybridized carbons (Fsp3) is 1.00. The second kappa shape index (κ2) is 4.63. The van der Waals surface area contributed by atoms with Crippen LogP contribution in [0.3, 0.4) is 0 Å². The highest BCUT2D eigenvalue weighted by atomic mass is 16.3. The summed E-state index contributed by atoms with van der Waals surface area (Å²) < 4.78 is 0. The molecule has 0 aromatic heterocycles. The first kappa shape index (κ1) is 12.0. The summed E-state index contributed by atoms with van der Waals surface area (Å²) in [6, 6.07) is 0.383. The van der Waals surface area contributed by atoms with Gasteiger partial charge in [0.1, 0.15) is 0 Å². The molecule has 1 fully saturated rings. The summed E-state index contributed by atoms with van der Waals surface area (Å²) in [6.07, 6.45) is 3.15. The van der Waals surface area contributed by atoms with Crippen LogP contribution in [-0.4, -0.2) is 35.2 Å². The maximum atomic E-state index is 9.99. The van der Waals surface area contributed by atoms with Crippen molar-refractivity contribution in [2.24, 2.45) is 5.41 Å². The Morgan fingerprint density at radius 1 is 1.29 bits per heavy atom. The molecule has 0 saturated heterocycles. The van der Waals surface area contributed by atoms with Crippen molar-refractivity contribution in [3.63, 3.8) is 0 Å². The fourth-order valence-corrected chi connectivity index (χ4v) is 2.60. The van der Waals surface area contributed by atoms with Crippen molar-refractivity contribution in [3.8, 4) is 0 Å². The fourth-order valence-electron chi connectivity index (χ4n) is 2.60. The molecule has 0 spiro atoms. The number of aliphatic hydroxyl groups excluding tert-OH is 1. The molecule has 1 N–H and O–H groups in total. The van der Waals surface area contributed by atoms with Crippen LogP contribution < -0.4 is 0 Å². The van der Waals surface area contributed by atoms with Gasteiger partial charge in [-0.25, -0.2) is 0 Å². The molecule has 0 aromatic carbocycles. The van der Waals surface area contributed by atoms with Gasteiger partial charge in [0.25, 0.3) is 0 Å². The van der Waals surface area contributed by atoms with Gasteiger partial charge in [-0.3, -0.25) is 4.90 Å². The lowest BCUT2D eigenvalue weighted by molar-refractivity contribution is -0.0134. The largest absolute Gasteiger partial charge is 0.391 e. The van der Waals surface area contributed by atoms with Crippen molar-refractivity contribution in [1.82, 2.24) is 4.90 Å². The number of rotatable bonds is 3. The van der Waals surface area contributed by atoms with Gasteiger partial charge in [-0.2, -0.15) is 0 Å². The van der Waals surface area contributed by atoms with Crippen LogP contribution >= 0.6 is 0 Å². The molecule has 1 rings (SSSR count). The molecule has 1 saturated carbocycles. The second-order valence-electron chi connectivity index (χ2n) is 5.26. The van der Waals surface area contributed by atoms with Crippen molar-refractivity contribution in [2.45, 2.75) is 59.1 Å². The van der Waals surface area contributed by atoms with E-state index >= 15 is 0 Å². The highest BCUT2D eigenvalue weighted by Crippen LogP contribution is 2.37. The smallest absolute Gasteiger partial charge is 0.0695 e. The molecule has 84 valence electrons. The summed E-state index contributed by atoms with van der Waals surface area (Å²) in [7, 11) is 0. The Hall–Kier alpha value is -0.0800. The molecule has 2 nitrogen and oxygen atoms in total. The molecule has 0 amide bonds. The number of likely N-dealkylation sites (N-methyl/N-ethyl adjacent to an activating group) is 1. The zero-order chi connectivity index (χ0) is 10.8. The molecular formula is C12H25NO. The summed E-state index contributed by atoms with van der Waals surface area (Å²) >= 11 is 0. The molecule has 0 aromatic rings. The third-order valence-electron chi connectivity index (χ3n) is 3.60. The molecule has 0 heterocycles. The average Bonchev–Trinajstić information content (AvgIpc) is 2.13. The van der Waals surface area contributed by atoms with E-state index in [1.165, 1.54) is 0 Å². The molecular weight excluding hydrogens is 174 g/mol. The zero-order valence-corrected chi connectivity index (χ0v) is 10.1. The van der Waals surface area contributed by atoms with Crippen LogP contribution in [0.5, 0.6) is 0 Å². The van der Waals surface area contributed by atoms with Gasteiger partial charge in [0.15, 0.2) is 0 Å². The van der Waals surface area contributed by atoms with Crippen molar-refractivity contribution in [1.29, 1.82) is 0 Å². The Morgan fingerprint density at radius 3 is 2.36 bits per heavy atom. The van der Waals surface area contributed by atoms with Crippen LogP contribution in [0.25, 0.3) is 0 Å². The summed E-state index contributed by atoms with van der Waals surface area (Å²) in [5.41, 5.74) is 0.409. The molecule has 2 heteroatoms. The van der Waals surface area contributed by atoms with Crippen molar-refractivity contribution < 1.29 is 5.11 Å². The minimum Gasteiger partial charge on any atom is -0.391 e. The highest BCUT2D eigenvalue weighted by Gasteiger charge is 2.36. The first-order valence-electron chi connectivity index (χ1n) is 5.92. The molecule has 2 atom stereocenters. The minimum absolute atomic E-state index is 0.108. The van der Waals surface area contributed by atoms with Gasteiger partial charge in [0, 0.05) is 6.04 Å². The van der Waals surface area contributed by atoms with E-state index in [9.17, 15) is 5.11 Å². The monoisotopic (exact) mass is 199 g/mol. The lowest BCUT2D eigenvalue weighted by Gasteiger charge is -2.43. The lowest BCUT2D eigenvalue weighted by Crippen LogP contribution is -2.49. The van der Waals surface area contributed by atoms with Crippen molar-refractivity contribution >= 4 is 0 Å². The van der Waals surface area contributed by atoms with Crippen LogP contribution in [0.4, 0.5) is 0 Å². The SMILES string of the molecule is CCN(CC)C1CC(C)(C)CCC1O. The maximum absolute atomic E-state index is 9.99. The van der Waals surface area contributed by atoms with Gasteiger partial charge < -0.3 is 5.11 Å². The Balaban J connectivity index is 2.64. The molecule has 14 heavy (non-hydrogen) atoms. The average molecular weight is 199 g/mol. The summed E-state index contributed by atoms with van der Waals surface area (Å²) in [5.74, 6) is 0. The van der Waals surface area contributed by atoms with Gasteiger partial charge in [-0.05, 0) is 37.8 Å². The van der Waals surface area contributed by atoms with Gasteiger partial charge in [0.2, 0.25) is 0 Å². The van der Waals surface area contributed by atoms with E-state index in [1.54, 1.807) is 0 Å². The normalized spacial score (nSPS) is 32.1. The van der Waals surface area contributed by atoms with E-state index in [-0.39, 0.29) is 6.10 Å². The van der Waals surface area contributed by atoms with Gasteiger partial charge in [0.05, 0.1) is 6.10 Å². The van der Waals surface area contributed by atoms with Gasteiger partial charge >= 0.3 is 0 Å². The van der Waals surface area contributed by atoms with E-state index in [0.717, 1.165) is 32.4 Å². The first-order chi connectivity index (χ1) is 6.50. The van der Waals surface area contributed by atoms with E-state index in [0.29, 0.717) is 11.5 Å². The predicted octanol–water partition coefficient (Wildman–Crippen LogP) is 2.27. The number of aliphatic hydroxyl groups is 1. The van der Waals surface area contributed by atoms with Crippen LogP contribution in [0, 0.1) is 5.41 Å². The lowest BCUT2D eigenvalue weighted by atomic mass is 9.73. The molecule has 0 bridgehead atoms. The Labute approximate surface area is 88.3 Å². The second-order valence-corrected chi connectivity index (χ2v) is 5.26. The summed E-state index contributed by atoms with van der Waals surface area (Å²) in [4.78, 5) is 2.39. The Morgan fingerprint density at radius 2 is 1.86 bits per heavy atom. The van der Waals surface area contributed by atoms with Gasteiger partial charge in [-0.15, -0.1) is 0 Å². The summed E-state index contributed by atoms with van der Waals surface area (Å²) in [6.45, 7) is 11.1. The standard InChI is InChI=1S/C12H25NO/c1-5-13(6-2)10-9-12(3,4)8-7-11(10)14/h10-11,14H,5-9H2,1-4H3. The third-order valence-corrected chi connectivity index (χ3v) is 3.60. The Bertz CT molecular complexity index is 175. The van der Waals surface area contributed by atoms with E-state index in [4.69, 9.17) is 0 Å². The highest BCUT2D eigenvalue weighted by molar-refractivity contribution is 4.90. The number of hydrogen-bond acceptors (Lipinski definition) is 2. The number of hydrogen-bond donors (Lipinski definition) is 1. The molecule has 0 aliphatic heterocycles. The van der Waals surface area contributed by atoms with Crippen molar-refractivity contribution in [3.05, 3.63) is 0 Å². The topological polar surface area (TPSA) is 23.5 Å². The maximum Gasteiger partial charge on any atom is 0.0695 e. The van der Waals surface area contributed by atoms with Crippen LogP contribution in [0.15, 0.2) is 0 Å². The number of nitrogens with zero attached hydrogens (tertiary/aromatic N) is 1. The predicted molar refractivity (Wildman–Crippen MR) is 60.3 cm³/mol. The van der Waals surface area contributed by atoms with Crippen LogP contribution in [0.1, 0.15) is 47.0 Å². The van der Waals surface area contributed by atoms with E-state index < -0.39 is 0 Å². The minimum atomic E-state index is -0.108. The molecule has 2 unspecified atom stereocenters. The van der Waals surface area contributed by atoms with Crippen LogP contribution in [0.2, 0.25) is 0 Å². The van der Waals surface area contributed by atoms with E-state index in [2.05, 4.69) is 32.6 Å². The Kier molecular flexibility index (Phi) is 3.96.